The minimum Gasteiger partial charge on any atom is -0.352 e. The molecule has 1 aromatic carbocycles. The maximum atomic E-state index is 13.6. The quantitative estimate of drug-likeness (QED) is 0.915. The summed E-state index contributed by atoms with van der Waals surface area (Å²) in [6.07, 6.45) is 4.14. The van der Waals surface area contributed by atoms with E-state index >= 15 is 0 Å². The van der Waals surface area contributed by atoms with Gasteiger partial charge in [-0.25, -0.2) is 4.39 Å². The van der Waals surface area contributed by atoms with Crippen molar-refractivity contribution in [1.82, 2.24) is 10.3 Å². The van der Waals surface area contributed by atoms with Crippen LogP contribution in [0, 0.1) is 5.82 Å². The minimum atomic E-state index is -0.460. The van der Waals surface area contributed by atoms with E-state index in [0.717, 1.165) is 11.3 Å². The van der Waals surface area contributed by atoms with E-state index in [-0.39, 0.29) is 22.9 Å². The first-order chi connectivity index (χ1) is 10.6. The first kappa shape index (κ1) is 15.0. The Morgan fingerprint density at radius 1 is 1.32 bits per heavy atom. The Morgan fingerprint density at radius 3 is 2.77 bits per heavy atom. The molecule has 0 bridgehead atoms. The molecule has 3 rings (SSSR count). The zero-order valence-corrected chi connectivity index (χ0v) is 12.7. The third-order valence-corrected chi connectivity index (χ3v) is 4.09. The average Bonchev–Trinajstić information content (AvgIpc) is 3.34. The van der Waals surface area contributed by atoms with E-state index in [2.05, 4.69) is 10.3 Å². The number of hydrogen-bond donors (Lipinski definition) is 1. The van der Waals surface area contributed by atoms with Crippen LogP contribution in [0.25, 0.3) is 0 Å². The van der Waals surface area contributed by atoms with Crippen LogP contribution < -0.4 is 5.32 Å². The summed E-state index contributed by atoms with van der Waals surface area (Å²) in [5.41, 5.74) is 2.27. The summed E-state index contributed by atoms with van der Waals surface area (Å²) in [5, 5.41) is 3.03. The Balaban J connectivity index is 1.55. The van der Waals surface area contributed by atoms with Crippen LogP contribution in [0.1, 0.15) is 35.6 Å². The van der Waals surface area contributed by atoms with Gasteiger partial charge < -0.3 is 5.32 Å². The second-order valence-corrected chi connectivity index (χ2v) is 5.93. The lowest BCUT2D eigenvalue weighted by Crippen LogP contribution is -2.25. The number of benzene rings is 1. The molecule has 0 unspecified atom stereocenters. The number of halogens is 2. The second kappa shape index (κ2) is 6.44. The summed E-state index contributed by atoms with van der Waals surface area (Å²) in [5.74, 6) is -0.108. The Hall–Kier alpha value is -1.94. The fraction of sp³-hybridized carbons (Fsp3) is 0.294. The number of carbonyl (C=O) groups is 1. The fourth-order valence-electron chi connectivity index (χ4n) is 2.29. The third kappa shape index (κ3) is 3.63. The van der Waals surface area contributed by atoms with Gasteiger partial charge in [-0.1, -0.05) is 23.7 Å². The number of nitrogens with zero attached hydrogens (tertiary/aromatic N) is 1. The molecule has 114 valence electrons. The summed E-state index contributed by atoms with van der Waals surface area (Å²) in [6, 6.07) is 8.37. The summed E-state index contributed by atoms with van der Waals surface area (Å²) >= 11 is 5.91. The average molecular weight is 319 g/mol. The predicted octanol–water partition coefficient (Wildman–Crippen LogP) is 3.61. The van der Waals surface area contributed by atoms with E-state index in [1.807, 2.05) is 12.1 Å². The van der Waals surface area contributed by atoms with Gasteiger partial charge in [0.15, 0.2) is 0 Å². The van der Waals surface area contributed by atoms with E-state index in [4.69, 9.17) is 11.6 Å². The van der Waals surface area contributed by atoms with Gasteiger partial charge in [0.2, 0.25) is 5.91 Å². The summed E-state index contributed by atoms with van der Waals surface area (Å²) in [6.45, 7) is 0.378. The third-order valence-electron chi connectivity index (χ3n) is 3.73. The molecule has 2 aromatic rings. The number of amides is 1. The fourth-order valence-corrected chi connectivity index (χ4v) is 2.52. The zero-order chi connectivity index (χ0) is 15.5. The predicted molar refractivity (Wildman–Crippen MR) is 83.2 cm³/mol. The van der Waals surface area contributed by atoms with Gasteiger partial charge in [-0.15, -0.1) is 0 Å². The molecular weight excluding hydrogens is 303 g/mol. The van der Waals surface area contributed by atoms with Crippen molar-refractivity contribution in [3.8, 4) is 0 Å². The summed E-state index contributed by atoms with van der Waals surface area (Å²) in [7, 11) is 0. The molecule has 1 N–H and O–H groups in total. The largest absolute Gasteiger partial charge is 0.352 e. The molecule has 1 amide bonds. The molecule has 1 aliphatic carbocycles. The minimum absolute atomic E-state index is 0.0703. The Kier molecular flexibility index (Phi) is 4.39. The topological polar surface area (TPSA) is 42.0 Å². The van der Waals surface area contributed by atoms with Gasteiger partial charge >= 0.3 is 0 Å². The van der Waals surface area contributed by atoms with Crippen molar-refractivity contribution in [2.45, 2.75) is 31.7 Å². The number of aromatic nitrogens is 1. The SMILES string of the molecule is O=C(Cc1c(F)cccc1Cl)NCc1ccc(C2CC2)nc1. The molecule has 0 aliphatic heterocycles. The molecule has 1 aliphatic rings. The highest BCUT2D eigenvalue weighted by Gasteiger charge is 2.24. The van der Waals surface area contributed by atoms with Crippen LogP contribution in [0.2, 0.25) is 5.02 Å². The molecule has 0 atom stereocenters. The van der Waals surface area contributed by atoms with Gasteiger partial charge in [0.25, 0.3) is 0 Å². The smallest absolute Gasteiger partial charge is 0.224 e. The molecule has 1 fully saturated rings. The number of nitrogens with one attached hydrogen (secondary N) is 1. The van der Waals surface area contributed by atoms with Gasteiger partial charge in [0.05, 0.1) is 6.42 Å². The van der Waals surface area contributed by atoms with Crippen LogP contribution in [0.5, 0.6) is 0 Å². The lowest BCUT2D eigenvalue weighted by Gasteiger charge is -2.08. The Labute approximate surface area is 133 Å². The molecule has 1 heterocycles. The number of hydrogen-bond acceptors (Lipinski definition) is 2. The highest BCUT2D eigenvalue weighted by Crippen LogP contribution is 2.38. The molecule has 1 saturated carbocycles. The van der Waals surface area contributed by atoms with Gasteiger partial charge in [-0.05, 0) is 36.6 Å². The van der Waals surface area contributed by atoms with Crippen LogP contribution in [0.15, 0.2) is 36.5 Å². The number of rotatable bonds is 5. The molecular formula is C17H16ClFN2O. The van der Waals surface area contributed by atoms with Crippen molar-refractivity contribution < 1.29 is 9.18 Å². The van der Waals surface area contributed by atoms with E-state index in [0.29, 0.717) is 12.5 Å². The molecule has 22 heavy (non-hydrogen) atoms. The second-order valence-electron chi connectivity index (χ2n) is 5.52. The Morgan fingerprint density at radius 2 is 2.14 bits per heavy atom. The van der Waals surface area contributed by atoms with Crippen molar-refractivity contribution >= 4 is 17.5 Å². The van der Waals surface area contributed by atoms with Crippen molar-refractivity contribution in [3.63, 3.8) is 0 Å². The van der Waals surface area contributed by atoms with Crippen molar-refractivity contribution in [2.75, 3.05) is 0 Å². The van der Waals surface area contributed by atoms with E-state index in [1.165, 1.54) is 25.0 Å². The molecule has 3 nitrogen and oxygen atoms in total. The monoisotopic (exact) mass is 318 g/mol. The van der Waals surface area contributed by atoms with Crippen LogP contribution in [-0.2, 0) is 17.8 Å². The van der Waals surface area contributed by atoms with E-state index in [9.17, 15) is 9.18 Å². The van der Waals surface area contributed by atoms with E-state index < -0.39 is 5.82 Å². The zero-order valence-electron chi connectivity index (χ0n) is 12.0. The lowest BCUT2D eigenvalue weighted by molar-refractivity contribution is -0.120. The first-order valence-electron chi connectivity index (χ1n) is 7.28. The van der Waals surface area contributed by atoms with Crippen LogP contribution >= 0.6 is 11.6 Å². The molecule has 0 radical (unpaired) electrons. The molecule has 0 spiro atoms. The maximum Gasteiger partial charge on any atom is 0.224 e. The first-order valence-corrected chi connectivity index (χ1v) is 7.65. The van der Waals surface area contributed by atoms with Gasteiger partial charge in [-0.2, -0.15) is 0 Å². The summed E-state index contributed by atoms with van der Waals surface area (Å²) < 4.78 is 13.6. The molecule has 1 aromatic heterocycles. The van der Waals surface area contributed by atoms with Crippen molar-refractivity contribution in [1.29, 1.82) is 0 Å². The van der Waals surface area contributed by atoms with Gasteiger partial charge in [-0.3, -0.25) is 9.78 Å². The number of pyridine rings is 1. The van der Waals surface area contributed by atoms with Crippen molar-refractivity contribution in [3.05, 3.63) is 64.2 Å². The highest BCUT2D eigenvalue weighted by molar-refractivity contribution is 6.31. The lowest BCUT2D eigenvalue weighted by atomic mass is 10.1. The number of carbonyl (C=O) groups excluding carboxylic acids is 1. The highest BCUT2D eigenvalue weighted by atomic mass is 35.5. The maximum absolute atomic E-state index is 13.6. The van der Waals surface area contributed by atoms with Crippen LogP contribution in [0.3, 0.4) is 0 Å². The molecule has 5 heteroatoms. The standard InChI is InChI=1S/C17H16ClFN2O/c18-14-2-1-3-15(19)13(14)8-17(22)21-10-11-4-7-16(20-9-11)12-5-6-12/h1-4,7,9,12H,5-6,8,10H2,(H,21,22). The van der Waals surface area contributed by atoms with Gasteiger partial charge in [0, 0.05) is 34.9 Å². The normalized spacial score (nSPS) is 13.9. The van der Waals surface area contributed by atoms with E-state index in [1.54, 1.807) is 12.3 Å². The van der Waals surface area contributed by atoms with Crippen molar-refractivity contribution in [2.24, 2.45) is 0 Å². The van der Waals surface area contributed by atoms with Crippen LogP contribution in [0.4, 0.5) is 4.39 Å². The summed E-state index contributed by atoms with van der Waals surface area (Å²) in [4.78, 5) is 16.3. The molecule has 0 saturated heterocycles. The Bertz CT molecular complexity index is 663. The van der Waals surface area contributed by atoms with Gasteiger partial charge in [0.1, 0.15) is 5.82 Å². The van der Waals surface area contributed by atoms with Crippen LogP contribution in [-0.4, -0.2) is 10.9 Å².